The molecule has 1 saturated heterocycles. The first kappa shape index (κ1) is 28.0. The zero-order chi connectivity index (χ0) is 26.3. The lowest BCUT2D eigenvalue weighted by Crippen LogP contribution is -2.53. The minimum atomic E-state index is -0.727. The minimum absolute atomic E-state index is 0.110. The predicted molar refractivity (Wildman–Crippen MR) is 142 cm³/mol. The zero-order valence-electron chi connectivity index (χ0n) is 22.1. The maximum absolute atomic E-state index is 13.3. The van der Waals surface area contributed by atoms with E-state index in [1.54, 1.807) is 23.6 Å². The summed E-state index contributed by atoms with van der Waals surface area (Å²) in [5.74, 6) is 0.110. The van der Waals surface area contributed by atoms with E-state index in [0.717, 1.165) is 37.8 Å². The van der Waals surface area contributed by atoms with Crippen molar-refractivity contribution in [1.82, 2.24) is 10.6 Å². The van der Waals surface area contributed by atoms with Crippen molar-refractivity contribution in [3.05, 3.63) is 36.4 Å². The Morgan fingerprint density at radius 2 is 2.08 bits per heavy atom. The number of allylic oxidation sites excluding steroid dienone is 1. The molecule has 0 aliphatic carbocycles. The molecule has 2 unspecified atom stereocenters. The monoisotopic (exact) mass is 502 g/mol. The summed E-state index contributed by atoms with van der Waals surface area (Å²) < 4.78 is 10.8. The lowest BCUT2D eigenvalue weighted by Gasteiger charge is -2.40. The minimum Gasteiger partial charge on any atom is -0.452 e. The van der Waals surface area contributed by atoms with Crippen LogP contribution in [-0.2, 0) is 9.47 Å². The molecule has 0 bridgehead atoms. The summed E-state index contributed by atoms with van der Waals surface area (Å²) in [7, 11) is 1.36. The summed E-state index contributed by atoms with van der Waals surface area (Å²) in [6.45, 7) is 11.9. The maximum Gasteiger partial charge on any atom is 0.416 e. The van der Waals surface area contributed by atoms with Crippen LogP contribution in [0.5, 0.6) is 0 Å². The smallest absolute Gasteiger partial charge is 0.416 e. The fraction of sp³-hybridized carbons (Fsp3) is 0.630. The first-order chi connectivity index (χ1) is 17.1. The second kappa shape index (κ2) is 12.6. The molecule has 200 valence electrons. The molecule has 2 amide bonds. The molecule has 3 atom stereocenters. The van der Waals surface area contributed by atoms with Crippen LogP contribution in [0, 0.1) is 0 Å². The highest BCUT2D eigenvalue weighted by atomic mass is 16.6. The normalized spacial score (nSPS) is 20.9. The van der Waals surface area contributed by atoms with Crippen molar-refractivity contribution in [3.8, 4) is 0 Å². The van der Waals surface area contributed by atoms with Crippen LogP contribution in [0.3, 0.4) is 0 Å². The van der Waals surface area contributed by atoms with Gasteiger partial charge in [-0.2, -0.15) is 0 Å². The van der Waals surface area contributed by atoms with Gasteiger partial charge in [-0.25, -0.2) is 9.59 Å². The Bertz CT molecular complexity index is 910. The number of amides is 2. The number of nitrogens with zero attached hydrogens (tertiary/aromatic N) is 2. The molecule has 1 aromatic carbocycles. The molecule has 0 radical (unpaired) electrons. The van der Waals surface area contributed by atoms with E-state index in [-0.39, 0.29) is 18.2 Å². The molecule has 1 aromatic rings. The predicted octanol–water partition coefficient (Wildman–Crippen LogP) is 4.11. The quantitative estimate of drug-likeness (QED) is 0.345. The number of methoxy groups -OCH3 is 1. The van der Waals surface area contributed by atoms with E-state index in [1.807, 2.05) is 31.2 Å². The number of hydrogen-bond donors (Lipinski definition) is 3. The van der Waals surface area contributed by atoms with Crippen LogP contribution in [-0.4, -0.2) is 68.5 Å². The lowest BCUT2D eigenvalue weighted by atomic mass is 9.93. The van der Waals surface area contributed by atoms with E-state index in [2.05, 4.69) is 17.2 Å². The van der Waals surface area contributed by atoms with Crippen LogP contribution in [0.1, 0.15) is 64.4 Å². The van der Waals surface area contributed by atoms with Crippen molar-refractivity contribution in [2.45, 2.75) is 76.7 Å². The molecular formula is C27H42N4O5. The second-order valence-corrected chi connectivity index (χ2v) is 10.4. The van der Waals surface area contributed by atoms with Crippen molar-refractivity contribution in [1.29, 1.82) is 0 Å². The van der Waals surface area contributed by atoms with Gasteiger partial charge in [-0.15, -0.1) is 6.58 Å². The van der Waals surface area contributed by atoms with Crippen molar-refractivity contribution < 1.29 is 24.2 Å². The molecule has 2 aliphatic heterocycles. The average molecular weight is 503 g/mol. The molecule has 0 spiro atoms. The highest BCUT2D eigenvalue weighted by molar-refractivity contribution is 6.01. The Balaban J connectivity index is 1.88. The number of ether oxygens (including phenoxy) is 2. The van der Waals surface area contributed by atoms with Gasteiger partial charge < -0.3 is 19.9 Å². The molecule has 3 N–H and O–H groups in total. The Hall–Kier alpha value is -2.62. The van der Waals surface area contributed by atoms with Gasteiger partial charge in [0.05, 0.1) is 36.7 Å². The van der Waals surface area contributed by atoms with Crippen LogP contribution >= 0.6 is 0 Å². The summed E-state index contributed by atoms with van der Waals surface area (Å²) in [6, 6.07) is 5.56. The standard InChI is InChI=1S/C27H42N4O5/c1-6-9-21(17-28-15-13-27(3,4)34)20-11-12-22-23(16-20)30(18-19(2)31(22)26(33)35-5)25(32)36-24-10-7-8-14-29-24/h6,11-12,16,19,21,24,28-29,34H,1,7-10,13-15,17-18H2,2-5H3/t19-,21?,24?/m0/s1. The Morgan fingerprint density at radius 3 is 2.72 bits per heavy atom. The SMILES string of the molecule is C=CCC(CNCCC(C)(C)O)c1ccc2c(c1)N(C(=O)OC1CCCCN1)C[C@H](C)N2C(=O)OC. The summed E-state index contributed by atoms with van der Waals surface area (Å²) in [5.41, 5.74) is 1.54. The number of aliphatic hydroxyl groups is 1. The first-order valence-corrected chi connectivity index (χ1v) is 12.9. The van der Waals surface area contributed by atoms with Gasteiger partial charge in [-0.1, -0.05) is 12.1 Å². The lowest BCUT2D eigenvalue weighted by molar-refractivity contribution is 0.0659. The number of hydrogen-bond acceptors (Lipinski definition) is 7. The Morgan fingerprint density at radius 1 is 1.31 bits per heavy atom. The molecule has 9 heteroatoms. The number of piperidine rings is 1. The number of benzene rings is 1. The van der Waals surface area contributed by atoms with E-state index >= 15 is 0 Å². The van der Waals surface area contributed by atoms with Crippen LogP contribution < -0.4 is 20.4 Å². The molecule has 36 heavy (non-hydrogen) atoms. The summed E-state index contributed by atoms with van der Waals surface area (Å²) in [6.07, 6.45) is 4.94. The van der Waals surface area contributed by atoms with Crippen LogP contribution in [0.2, 0.25) is 0 Å². The molecule has 0 aromatic heterocycles. The third-order valence-corrected chi connectivity index (χ3v) is 6.76. The van der Waals surface area contributed by atoms with Gasteiger partial charge in [0.25, 0.3) is 0 Å². The van der Waals surface area contributed by atoms with Gasteiger partial charge in [-0.3, -0.25) is 15.1 Å². The average Bonchev–Trinajstić information content (AvgIpc) is 2.84. The van der Waals surface area contributed by atoms with E-state index in [0.29, 0.717) is 37.4 Å². The van der Waals surface area contributed by atoms with Crippen molar-refractivity contribution >= 4 is 23.6 Å². The molecule has 1 fully saturated rings. The zero-order valence-corrected chi connectivity index (χ0v) is 22.1. The van der Waals surface area contributed by atoms with Crippen molar-refractivity contribution in [3.63, 3.8) is 0 Å². The molecule has 2 heterocycles. The topological polar surface area (TPSA) is 103 Å². The number of anilines is 2. The number of carbonyl (C=O) groups is 2. The van der Waals surface area contributed by atoms with Crippen LogP contribution in [0.4, 0.5) is 21.0 Å². The highest BCUT2D eigenvalue weighted by Gasteiger charge is 2.37. The fourth-order valence-corrected chi connectivity index (χ4v) is 4.76. The van der Waals surface area contributed by atoms with Crippen molar-refractivity contribution in [2.24, 2.45) is 0 Å². The summed E-state index contributed by atoms with van der Waals surface area (Å²) >= 11 is 0. The maximum atomic E-state index is 13.3. The Kier molecular flexibility index (Phi) is 9.76. The number of nitrogens with one attached hydrogen (secondary N) is 2. The highest BCUT2D eigenvalue weighted by Crippen LogP contribution is 2.39. The van der Waals surface area contributed by atoms with Gasteiger partial charge >= 0.3 is 12.2 Å². The molecular weight excluding hydrogens is 460 g/mol. The Labute approximate surface area is 214 Å². The van der Waals surface area contributed by atoms with Gasteiger partial charge in [-0.05, 0) is 89.6 Å². The third kappa shape index (κ3) is 7.21. The van der Waals surface area contributed by atoms with E-state index < -0.39 is 17.8 Å². The van der Waals surface area contributed by atoms with Gasteiger partial charge in [0.1, 0.15) is 0 Å². The molecule has 0 saturated carbocycles. The van der Waals surface area contributed by atoms with Gasteiger partial charge in [0.15, 0.2) is 6.23 Å². The van der Waals surface area contributed by atoms with E-state index in [1.165, 1.54) is 7.11 Å². The first-order valence-electron chi connectivity index (χ1n) is 12.9. The number of carbonyl (C=O) groups excluding carboxylic acids is 2. The summed E-state index contributed by atoms with van der Waals surface area (Å²) in [4.78, 5) is 29.2. The molecule has 2 aliphatic rings. The van der Waals surface area contributed by atoms with Gasteiger partial charge in [0.2, 0.25) is 0 Å². The number of fused-ring (bicyclic) bond motifs is 1. The molecule has 3 rings (SSSR count). The van der Waals surface area contributed by atoms with E-state index in [9.17, 15) is 14.7 Å². The van der Waals surface area contributed by atoms with Crippen molar-refractivity contribution in [2.75, 3.05) is 43.1 Å². The number of rotatable bonds is 9. The van der Waals surface area contributed by atoms with Crippen LogP contribution in [0.15, 0.2) is 30.9 Å². The third-order valence-electron chi connectivity index (χ3n) is 6.76. The van der Waals surface area contributed by atoms with E-state index in [4.69, 9.17) is 9.47 Å². The second-order valence-electron chi connectivity index (χ2n) is 10.4. The fourth-order valence-electron chi connectivity index (χ4n) is 4.76. The molecule has 9 nitrogen and oxygen atoms in total. The summed E-state index contributed by atoms with van der Waals surface area (Å²) in [5, 5.41) is 16.7. The largest absolute Gasteiger partial charge is 0.452 e. The van der Waals surface area contributed by atoms with Crippen LogP contribution in [0.25, 0.3) is 0 Å². The van der Waals surface area contributed by atoms with Gasteiger partial charge in [0, 0.05) is 6.54 Å².